The molecule has 0 amide bonds. The van der Waals surface area contributed by atoms with Gasteiger partial charge in [0.05, 0.1) is 0 Å². The number of hydrogen-bond donors (Lipinski definition) is 0. The second kappa shape index (κ2) is 5.01. The first-order chi connectivity index (χ1) is 5.29. The van der Waals surface area contributed by atoms with Crippen molar-refractivity contribution in [2.24, 2.45) is 0 Å². The van der Waals surface area contributed by atoms with Crippen LogP contribution >= 0.6 is 11.8 Å². The summed E-state index contributed by atoms with van der Waals surface area (Å²) in [4.78, 5) is 4.80. The van der Waals surface area contributed by atoms with Crippen LogP contribution in [0.5, 0.6) is 0 Å². The highest BCUT2D eigenvalue weighted by atomic mass is 32.2. The maximum Gasteiger partial charge on any atom is 0.0110 e. The van der Waals surface area contributed by atoms with Gasteiger partial charge in [0.25, 0.3) is 0 Å². The van der Waals surface area contributed by atoms with Gasteiger partial charge in [-0.15, -0.1) is 0 Å². The van der Waals surface area contributed by atoms with Crippen LogP contribution in [-0.2, 0) is 0 Å². The smallest absolute Gasteiger partial charge is 0.0110 e. The van der Waals surface area contributed by atoms with Crippen LogP contribution in [0.15, 0.2) is 0 Å². The van der Waals surface area contributed by atoms with Gasteiger partial charge in [-0.05, 0) is 14.1 Å². The van der Waals surface area contributed by atoms with Gasteiger partial charge in [0.1, 0.15) is 0 Å². The van der Waals surface area contributed by atoms with E-state index in [2.05, 4.69) is 35.7 Å². The van der Waals surface area contributed by atoms with Crippen molar-refractivity contribution in [1.82, 2.24) is 9.80 Å². The van der Waals surface area contributed by atoms with Crippen molar-refractivity contribution in [3.05, 3.63) is 0 Å². The molecule has 0 aromatic carbocycles. The molecule has 0 atom stereocenters. The molecular formula is C8H18N2S. The molecule has 0 N–H and O–H groups in total. The highest BCUT2D eigenvalue weighted by Crippen LogP contribution is 2.08. The molecule has 1 fully saturated rings. The van der Waals surface area contributed by atoms with Crippen LogP contribution < -0.4 is 0 Å². The Hall–Kier alpha value is 0.270. The number of thioether (sulfide) groups is 1. The minimum absolute atomic E-state index is 1.20. The molecule has 0 bridgehead atoms. The van der Waals surface area contributed by atoms with Gasteiger partial charge < -0.3 is 9.80 Å². The standard InChI is InChI=1S/C8H18N2S/c1-9(2)3-4-10-5-7-11-8-6-10/h3-8H2,1-2H3. The first-order valence-electron chi connectivity index (χ1n) is 4.24. The van der Waals surface area contributed by atoms with Crippen molar-refractivity contribution in [3.8, 4) is 0 Å². The molecule has 0 unspecified atom stereocenters. The van der Waals surface area contributed by atoms with Gasteiger partial charge in [-0.3, -0.25) is 0 Å². The minimum Gasteiger partial charge on any atom is -0.308 e. The zero-order valence-electron chi connectivity index (χ0n) is 7.55. The molecule has 0 aromatic rings. The molecule has 1 heterocycles. The van der Waals surface area contributed by atoms with Crippen molar-refractivity contribution in [2.75, 3.05) is 51.8 Å². The molecule has 1 rings (SSSR count). The summed E-state index contributed by atoms with van der Waals surface area (Å²) in [7, 11) is 4.28. The van der Waals surface area contributed by atoms with E-state index < -0.39 is 0 Å². The van der Waals surface area contributed by atoms with Gasteiger partial charge in [0.2, 0.25) is 0 Å². The zero-order valence-corrected chi connectivity index (χ0v) is 8.36. The predicted octanol–water partition coefficient (Wildman–Crippen LogP) is 0.597. The predicted molar refractivity (Wildman–Crippen MR) is 52.3 cm³/mol. The van der Waals surface area contributed by atoms with Gasteiger partial charge in [0.15, 0.2) is 0 Å². The summed E-state index contributed by atoms with van der Waals surface area (Å²) in [6, 6.07) is 0. The molecule has 0 spiro atoms. The molecule has 1 aliphatic heterocycles. The zero-order chi connectivity index (χ0) is 8.10. The summed E-state index contributed by atoms with van der Waals surface area (Å²) in [5.74, 6) is 2.65. The van der Waals surface area contributed by atoms with E-state index in [4.69, 9.17) is 0 Å². The van der Waals surface area contributed by atoms with Gasteiger partial charge in [-0.2, -0.15) is 11.8 Å². The number of rotatable bonds is 3. The van der Waals surface area contributed by atoms with Crippen LogP contribution in [0.2, 0.25) is 0 Å². The first-order valence-corrected chi connectivity index (χ1v) is 5.39. The Bertz CT molecular complexity index is 100. The average molecular weight is 174 g/mol. The molecule has 0 aliphatic carbocycles. The Morgan fingerprint density at radius 2 is 1.91 bits per heavy atom. The van der Waals surface area contributed by atoms with Gasteiger partial charge >= 0.3 is 0 Å². The SMILES string of the molecule is CN(C)CCN1CCSCC1. The highest BCUT2D eigenvalue weighted by Gasteiger charge is 2.09. The van der Waals surface area contributed by atoms with E-state index in [-0.39, 0.29) is 0 Å². The third-order valence-electron chi connectivity index (χ3n) is 1.97. The van der Waals surface area contributed by atoms with Crippen LogP contribution in [0.25, 0.3) is 0 Å². The lowest BCUT2D eigenvalue weighted by atomic mass is 10.4. The van der Waals surface area contributed by atoms with Crippen molar-refractivity contribution in [3.63, 3.8) is 0 Å². The Morgan fingerprint density at radius 3 is 2.45 bits per heavy atom. The quantitative estimate of drug-likeness (QED) is 0.618. The second-order valence-electron chi connectivity index (χ2n) is 3.26. The molecular weight excluding hydrogens is 156 g/mol. The maximum absolute atomic E-state index is 2.55. The Morgan fingerprint density at radius 1 is 1.27 bits per heavy atom. The maximum atomic E-state index is 2.55. The lowest BCUT2D eigenvalue weighted by Gasteiger charge is -2.27. The topological polar surface area (TPSA) is 6.48 Å². The van der Waals surface area contributed by atoms with E-state index >= 15 is 0 Å². The van der Waals surface area contributed by atoms with Gasteiger partial charge in [-0.25, -0.2) is 0 Å². The summed E-state index contributed by atoms with van der Waals surface area (Å²) < 4.78 is 0. The van der Waals surface area contributed by atoms with Crippen molar-refractivity contribution < 1.29 is 0 Å². The van der Waals surface area contributed by atoms with Crippen LogP contribution in [0.4, 0.5) is 0 Å². The molecule has 3 heteroatoms. The molecule has 66 valence electrons. The normalized spacial score (nSPS) is 21.0. The van der Waals surface area contributed by atoms with Crippen LogP contribution in [0, 0.1) is 0 Å². The monoisotopic (exact) mass is 174 g/mol. The third kappa shape index (κ3) is 3.99. The van der Waals surface area contributed by atoms with Crippen LogP contribution in [0.3, 0.4) is 0 Å². The molecule has 0 radical (unpaired) electrons. The third-order valence-corrected chi connectivity index (χ3v) is 2.91. The highest BCUT2D eigenvalue weighted by molar-refractivity contribution is 7.99. The van der Waals surface area contributed by atoms with Crippen LogP contribution in [-0.4, -0.2) is 61.6 Å². The second-order valence-corrected chi connectivity index (χ2v) is 4.48. The van der Waals surface area contributed by atoms with Crippen LogP contribution in [0.1, 0.15) is 0 Å². The Labute approximate surface area is 73.9 Å². The van der Waals surface area contributed by atoms with Crippen molar-refractivity contribution in [2.45, 2.75) is 0 Å². The van der Waals surface area contributed by atoms with Crippen molar-refractivity contribution >= 4 is 11.8 Å². The van der Waals surface area contributed by atoms with Crippen molar-refractivity contribution in [1.29, 1.82) is 0 Å². The van der Waals surface area contributed by atoms with Gasteiger partial charge in [-0.1, -0.05) is 0 Å². The molecule has 0 saturated carbocycles. The fourth-order valence-electron chi connectivity index (χ4n) is 1.17. The van der Waals surface area contributed by atoms with E-state index in [1.807, 2.05) is 0 Å². The summed E-state index contributed by atoms with van der Waals surface area (Å²) in [5.41, 5.74) is 0. The average Bonchev–Trinajstić information content (AvgIpc) is 2.03. The summed E-state index contributed by atoms with van der Waals surface area (Å²) in [6.07, 6.45) is 0. The Kier molecular flexibility index (Phi) is 4.26. The van der Waals surface area contributed by atoms with E-state index in [1.54, 1.807) is 0 Å². The summed E-state index contributed by atoms with van der Waals surface area (Å²) in [6.45, 7) is 5.02. The number of hydrogen-bond acceptors (Lipinski definition) is 3. The number of likely N-dealkylation sites (N-methyl/N-ethyl adjacent to an activating group) is 1. The lowest BCUT2D eigenvalue weighted by molar-refractivity contribution is 0.261. The van der Waals surface area contributed by atoms with E-state index in [1.165, 1.54) is 37.7 Å². The van der Waals surface area contributed by atoms with E-state index in [0.717, 1.165) is 0 Å². The summed E-state index contributed by atoms with van der Waals surface area (Å²) >= 11 is 2.08. The summed E-state index contributed by atoms with van der Waals surface area (Å²) in [5, 5.41) is 0. The first kappa shape index (κ1) is 9.36. The fourth-order valence-corrected chi connectivity index (χ4v) is 2.14. The fraction of sp³-hybridized carbons (Fsp3) is 1.00. The number of nitrogens with zero attached hydrogens (tertiary/aromatic N) is 2. The van der Waals surface area contributed by atoms with Gasteiger partial charge in [0, 0.05) is 37.7 Å². The Balaban J connectivity index is 2.05. The molecule has 2 nitrogen and oxygen atoms in total. The molecule has 1 saturated heterocycles. The largest absolute Gasteiger partial charge is 0.308 e. The minimum atomic E-state index is 1.20. The molecule has 1 aliphatic rings. The molecule has 0 aromatic heterocycles. The van der Waals surface area contributed by atoms with E-state index in [0.29, 0.717) is 0 Å². The lowest BCUT2D eigenvalue weighted by Crippen LogP contribution is -2.37. The molecule has 11 heavy (non-hydrogen) atoms. The van der Waals surface area contributed by atoms with E-state index in [9.17, 15) is 0 Å².